The van der Waals surface area contributed by atoms with E-state index in [1.807, 2.05) is 68.4 Å². The Morgan fingerprint density at radius 3 is 2.19 bits per heavy atom. The van der Waals surface area contributed by atoms with Gasteiger partial charge in [0.05, 0.1) is 11.5 Å². The molecule has 2 fully saturated rings. The fourth-order valence-corrected chi connectivity index (χ4v) is 6.36. The molecule has 0 aromatic heterocycles. The zero-order valence-electron chi connectivity index (χ0n) is 19.9. The van der Waals surface area contributed by atoms with E-state index in [4.69, 9.17) is 18.4 Å². The molecule has 0 bridgehead atoms. The number of hydrogen-bond acceptors (Lipinski definition) is 8. The number of fused-ring (bicyclic) bond motifs is 1. The first-order valence-electron chi connectivity index (χ1n) is 11.7. The lowest BCUT2D eigenvalue weighted by Gasteiger charge is -2.47. The Morgan fingerprint density at radius 1 is 0.889 bits per heavy atom. The maximum absolute atomic E-state index is 13.2. The van der Waals surface area contributed by atoms with Crippen LogP contribution in [0.25, 0.3) is 0 Å². The van der Waals surface area contributed by atoms with Gasteiger partial charge in [0.1, 0.15) is 29.9 Å². The number of hydrogen-bond donors (Lipinski definition) is 1. The third kappa shape index (κ3) is 5.52. The molecule has 3 aromatic carbocycles. The lowest BCUT2D eigenvalue weighted by molar-refractivity contribution is -0.314. The van der Waals surface area contributed by atoms with E-state index in [9.17, 15) is 13.5 Å². The Balaban J connectivity index is 1.43. The summed E-state index contributed by atoms with van der Waals surface area (Å²) in [6, 6.07) is 23.5. The van der Waals surface area contributed by atoms with Crippen molar-refractivity contribution in [3.05, 3.63) is 95.6 Å². The first kappa shape index (κ1) is 25.4. The van der Waals surface area contributed by atoms with Gasteiger partial charge in [0, 0.05) is 10.5 Å². The maximum atomic E-state index is 13.2. The van der Waals surface area contributed by atoms with E-state index < -0.39 is 46.3 Å². The molecule has 36 heavy (non-hydrogen) atoms. The second-order valence-corrected chi connectivity index (χ2v) is 11.7. The van der Waals surface area contributed by atoms with Crippen molar-refractivity contribution in [3.63, 3.8) is 0 Å². The highest BCUT2D eigenvalue weighted by atomic mass is 32.2. The topological polar surface area (TPSA) is 91.3 Å². The summed E-state index contributed by atoms with van der Waals surface area (Å²) >= 11 is 1.30. The van der Waals surface area contributed by atoms with Gasteiger partial charge in [-0.3, -0.25) is 4.18 Å². The maximum Gasteiger partial charge on any atom is 0.297 e. The molecular weight excluding hydrogens is 500 g/mol. The van der Waals surface area contributed by atoms with Gasteiger partial charge >= 0.3 is 0 Å². The number of rotatable bonds is 6. The van der Waals surface area contributed by atoms with Crippen LogP contribution in [0, 0.1) is 13.8 Å². The van der Waals surface area contributed by atoms with Crippen molar-refractivity contribution in [3.8, 4) is 0 Å². The van der Waals surface area contributed by atoms with E-state index in [1.165, 1.54) is 23.9 Å². The molecule has 0 spiro atoms. The second kappa shape index (κ2) is 10.6. The Labute approximate surface area is 215 Å². The number of thioether (sulfide) groups is 1. The SMILES string of the molecule is Cc1ccc(S[C@@H]2O[C@@H]3CO[C@H](c4ccccc4)O[C@@H]3[C@H](OS(=O)(=O)c3ccc(C)cc3)[C@H]2O)cc1. The van der Waals surface area contributed by atoms with Gasteiger partial charge in [-0.15, -0.1) is 0 Å². The summed E-state index contributed by atoms with van der Waals surface area (Å²) in [5.74, 6) is 0. The Morgan fingerprint density at radius 2 is 1.53 bits per heavy atom. The highest BCUT2D eigenvalue weighted by molar-refractivity contribution is 7.99. The van der Waals surface area contributed by atoms with E-state index in [0.29, 0.717) is 0 Å². The average Bonchev–Trinajstić information content (AvgIpc) is 2.88. The van der Waals surface area contributed by atoms with Crippen LogP contribution in [0.15, 0.2) is 88.7 Å². The average molecular weight is 529 g/mol. The van der Waals surface area contributed by atoms with E-state index >= 15 is 0 Å². The van der Waals surface area contributed by atoms with Crippen molar-refractivity contribution in [2.75, 3.05) is 6.61 Å². The second-order valence-electron chi connectivity index (χ2n) is 8.97. The standard InChI is InChI=1S/C27H28O7S2/c1-17-8-12-20(13-9-17)35-27-23(28)25(34-36(29,30)21-14-10-18(2)11-15-21)24-22(32-27)16-31-26(33-24)19-6-4-3-5-7-19/h3-15,22-28H,16H2,1-2H3/t22-,23-,24+,25-,26+,27+/m1/s1. The van der Waals surface area contributed by atoms with Gasteiger partial charge < -0.3 is 19.3 Å². The number of benzene rings is 3. The molecule has 5 rings (SSSR count). The molecule has 3 aromatic rings. The summed E-state index contributed by atoms with van der Waals surface area (Å²) in [6.07, 6.45) is -4.72. The molecule has 9 heteroatoms. The Kier molecular flexibility index (Phi) is 7.50. The first-order valence-corrected chi connectivity index (χ1v) is 14.0. The minimum absolute atomic E-state index is 0.0118. The largest absolute Gasteiger partial charge is 0.387 e. The number of ether oxygens (including phenoxy) is 3. The smallest absolute Gasteiger partial charge is 0.297 e. The highest BCUT2D eigenvalue weighted by Crippen LogP contribution is 2.40. The van der Waals surface area contributed by atoms with Crippen molar-refractivity contribution in [2.45, 2.75) is 59.8 Å². The van der Waals surface area contributed by atoms with Crippen LogP contribution in [0.4, 0.5) is 0 Å². The van der Waals surface area contributed by atoms with E-state index in [-0.39, 0.29) is 11.5 Å². The van der Waals surface area contributed by atoms with E-state index in [2.05, 4.69) is 0 Å². The molecule has 0 amide bonds. The molecule has 1 N–H and O–H groups in total. The fourth-order valence-electron chi connectivity index (χ4n) is 4.21. The lowest BCUT2D eigenvalue weighted by atomic mass is 9.99. The zero-order chi connectivity index (χ0) is 25.3. The molecule has 0 radical (unpaired) electrons. The molecule has 2 aliphatic heterocycles. The molecule has 0 saturated carbocycles. The highest BCUT2D eigenvalue weighted by Gasteiger charge is 2.52. The van der Waals surface area contributed by atoms with Crippen LogP contribution in [0.2, 0.25) is 0 Å². The fraction of sp³-hybridized carbons (Fsp3) is 0.333. The lowest BCUT2D eigenvalue weighted by Crippen LogP contribution is -2.62. The summed E-state index contributed by atoms with van der Waals surface area (Å²) in [5, 5.41) is 11.3. The third-order valence-electron chi connectivity index (χ3n) is 6.20. The van der Waals surface area contributed by atoms with Crippen LogP contribution >= 0.6 is 11.8 Å². The summed E-state index contributed by atoms with van der Waals surface area (Å²) in [7, 11) is -4.19. The zero-order valence-corrected chi connectivity index (χ0v) is 21.5. The third-order valence-corrected chi connectivity index (χ3v) is 8.69. The summed E-state index contributed by atoms with van der Waals surface area (Å²) < 4.78 is 50.4. The molecule has 2 aliphatic rings. The molecule has 2 saturated heterocycles. The van der Waals surface area contributed by atoms with Crippen LogP contribution in [0.1, 0.15) is 23.0 Å². The number of aliphatic hydroxyl groups is 1. The van der Waals surface area contributed by atoms with Gasteiger partial charge in [-0.2, -0.15) is 8.42 Å². The predicted molar refractivity (Wildman–Crippen MR) is 135 cm³/mol. The first-order chi connectivity index (χ1) is 17.3. The summed E-state index contributed by atoms with van der Waals surface area (Å²) in [6.45, 7) is 4.02. The van der Waals surface area contributed by atoms with E-state index in [1.54, 1.807) is 12.1 Å². The Bertz CT molecular complexity index is 1260. The molecule has 2 heterocycles. The van der Waals surface area contributed by atoms with Gasteiger partial charge in [-0.1, -0.05) is 77.5 Å². The van der Waals surface area contributed by atoms with Gasteiger partial charge in [-0.05, 0) is 38.1 Å². The van der Waals surface area contributed by atoms with Gasteiger partial charge in [0.25, 0.3) is 10.1 Å². The Hall–Kier alpha value is -2.24. The quantitative estimate of drug-likeness (QED) is 0.472. The van der Waals surface area contributed by atoms with E-state index in [0.717, 1.165) is 21.6 Å². The number of aliphatic hydroxyl groups excluding tert-OH is 1. The minimum atomic E-state index is -4.19. The van der Waals surface area contributed by atoms with Crippen molar-refractivity contribution < 1.29 is 31.9 Å². The molecular formula is C27H28O7S2. The van der Waals surface area contributed by atoms with Crippen molar-refractivity contribution in [1.29, 1.82) is 0 Å². The van der Waals surface area contributed by atoms with Crippen LogP contribution < -0.4 is 0 Å². The van der Waals surface area contributed by atoms with Gasteiger partial charge in [-0.25, -0.2) is 0 Å². The summed E-state index contributed by atoms with van der Waals surface area (Å²) in [4.78, 5) is 0.890. The van der Waals surface area contributed by atoms with Crippen LogP contribution in [-0.4, -0.2) is 50.0 Å². The monoisotopic (exact) mass is 528 g/mol. The molecule has 0 unspecified atom stereocenters. The summed E-state index contributed by atoms with van der Waals surface area (Å²) in [5.41, 5.74) is 2.03. The number of aryl methyl sites for hydroxylation is 2. The molecule has 6 atom stereocenters. The van der Waals surface area contributed by atoms with Crippen molar-refractivity contribution >= 4 is 21.9 Å². The molecule has 7 nitrogen and oxygen atoms in total. The van der Waals surface area contributed by atoms with Crippen molar-refractivity contribution in [2.24, 2.45) is 0 Å². The minimum Gasteiger partial charge on any atom is -0.387 e. The molecule has 190 valence electrons. The van der Waals surface area contributed by atoms with Crippen molar-refractivity contribution in [1.82, 2.24) is 0 Å². The predicted octanol–water partition coefficient (Wildman–Crippen LogP) is 4.37. The van der Waals surface area contributed by atoms with Crippen LogP contribution in [-0.2, 0) is 28.5 Å². The normalized spacial score (nSPS) is 28.4. The molecule has 0 aliphatic carbocycles. The van der Waals surface area contributed by atoms with Crippen LogP contribution in [0.3, 0.4) is 0 Å². The van der Waals surface area contributed by atoms with Gasteiger partial charge in [0.15, 0.2) is 6.29 Å². The van der Waals surface area contributed by atoms with Crippen LogP contribution in [0.5, 0.6) is 0 Å². The van der Waals surface area contributed by atoms with Gasteiger partial charge in [0.2, 0.25) is 0 Å².